The van der Waals surface area contributed by atoms with Gasteiger partial charge < -0.3 is 9.72 Å². The molecule has 2 aromatic carbocycles. The number of nitrogens with one attached hydrogen (secondary N) is 1. The molecule has 1 aliphatic rings. The van der Waals surface area contributed by atoms with Gasteiger partial charge in [-0.05, 0) is 73.1 Å². The Kier molecular flexibility index (Phi) is 6.79. The molecule has 5 rings (SSSR count). The Balaban J connectivity index is 1.41. The third kappa shape index (κ3) is 4.86. The number of ether oxygens (including phenoxy) is 1. The molecule has 0 spiro atoms. The minimum absolute atomic E-state index is 0.334. The van der Waals surface area contributed by atoms with Gasteiger partial charge in [-0.2, -0.15) is 5.10 Å². The van der Waals surface area contributed by atoms with E-state index >= 15 is 0 Å². The molecule has 2 aromatic heterocycles. The molecule has 6 nitrogen and oxygen atoms in total. The van der Waals surface area contributed by atoms with E-state index in [2.05, 4.69) is 71.4 Å². The molecule has 0 fully saturated rings. The summed E-state index contributed by atoms with van der Waals surface area (Å²) in [5.74, 6) is -0.334. The molecule has 0 aliphatic heterocycles. The van der Waals surface area contributed by atoms with E-state index in [1.54, 1.807) is 0 Å². The Morgan fingerprint density at radius 2 is 2.08 bits per heavy atom. The van der Waals surface area contributed by atoms with Crippen molar-refractivity contribution in [2.45, 2.75) is 45.7 Å². The number of nitrogens with zero attached hydrogens (tertiary/aromatic N) is 3. The first-order valence-electron chi connectivity index (χ1n) is 12.6. The van der Waals surface area contributed by atoms with Crippen LogP contribution in [0.3, 0.4) is 0 Å². The molecular formula is C30H34N4O2. The molecule has 0 saturated carbocycles. The van der Waals surface area contributed by atoms with Gasteiger partial charge in [0.25, 0.3) is 0 Å². The highest BCUT2D eigenvalue weighted by atomic mass is 16.5. The maximum absolute atomic E-state index is 11.5. The quantitative estimate of drug-likeness (QED) is 0.268. The number of aryl methyl sites for hydroxylation is 3. The third-order valence-corrected chi connectivity index (χ3v) is 7.57. The van der Waals surface area contributed by atoms with E-state index in [0.717, 1.165) is 37.9 Å². The van der Waals surface area contributed by atoms with Gasteiger partial charge in [0.1, 0.15) is 0 Å². The van der Waals surface area contributed by atoms with E-state index < -0.39 is 0 Å². The van der Waals surface area contributed by atoms with Gasteiger partial charge in [0.15, 0.2) is 0 Å². The van der Waals surface area contributed by atoms with Crippen LogP contribution in [-0.2, 0) is 36.0 Å². The molecule has 1 atom stereocenters. The molecule has 4 aromatic rings. The van der Waals surface area contributed by atoms with Crippen LogP contribution in [0.4, 0.5) is 0 Å². The lowest BCUT2D eigenvalue weighted by molar-refractivity contribution is -0.134. The SMILES string of the molecule is COC(=O)C=Cc1ccc2c(c1)CCC2N(CCc1c[nH]c2cc(C)ccc12)Cc1cnn(C)c1C. The number of hydrogen-bond acceptors (Lipinski definition) is 4. The summed E-state index contributed by atoms with van der Waals surface area (Å²) in [5, 5.41) is 5.80. The Labute approximate surface area is 212 Å². The topological polar surface area (TPSA) is 63.1 Å². The first-order chi connectivity index (χ1) is 17.4. The number of H-pyrrole nitrogens is 1. The van der Waals surface area contributed by atoms with Crippen molar-refractivity contribution in [1.82, 2.24) is 19.7 Å². The van der Waals surface area contributed by atoms with Crippen molar-refractivity contribution in [2.75, 3.05) is 13.7 Å². The molecule has 186 valence electrons. The second-order valence-corrected chi connectivity index (χ2v) is 9.83. The highest BCUT2D eigenvalue weighted by Crippen LogP contribution is 2.38. The Bertz CT molecular complexity index is 1430. The number of rotatable bonds is 8. The van der Waals surface area contributed by atoms with Crippen LogP contribution in [0.25, 0.3) is 17.0 Å². The summed E-state index contributed by atoms with van der Waals surface area (Å²) in [5.41, 5.74) is 10.1. The normalized spacial score (nSPS) is 15.3. The smallest absolute Gasteiger partial charge is 0.330 e. The third-order valence-electron chi connectivity index (χ3n) is 7.57. The predicted molar refractivity (Wildman–Crippen MR) is 144 cm³/mol. The van der Waals surface area contributed by atoms with Gasteiger partial charge in [-0.3, -0.25) is 9.58 Å². The Morgan fingerprint density at radius 3 is 2.86 bits per heavy atom. The van der Waals surface area contributed by atoms with Gasteiger partial charge in [0.05, 0.1) is 13.3 Å². The van der Waals surface area contributed by atoms with Crippen molar-refractivity contribution in [3.05, 3.63) is 93.9 Å². The van der Waals surface area contributed by atoms with Gasteiger partial charge in [0.2, 0.25) is 0 Å². The van der Waals surface area contributed by atoms with Gasteiger partial charge in [-0.15, -0.1) is 0 Å². The van der Waals surface area contributed by atoms with Crippen LogP contribution in [0.15, 0.2) is 54.9 Å². The van der Waals surface area contributed by atoms with Crippen LogP contribution in [0.1, 0.15) is 51.5 Å². The monoisotopic (exact) mass is 482 g/mol. The van der Waals surface area contributed by atoms with Crippen LogP contribution in [0.5, 0.6) is 0 Å². The summed E-state index contributed by atoms with van der Waals surface area (Å²) in [4.78, 5) is 17.6. The number of esters is 1. The van der Waals surface area contributed by atoms with Crippen molar-refractivity contribution in [3.8, 4) is 0 Å². The average molecular weight is 483 g/mol. The number of methoxy groups -OCH3 is 1. The van der Waals surface area contributed by atoms with Gasteiger partial charge in [-0.1, -0.05) is 30.3 Å². The molecular weight excluding hydrogens is 448 g/mol. The molecule has 1 N–H and O–H groups in total. The zero-order valence-electron chi connectivity index (χ0n) is 21.5. The maximum atomic E-state index is 11.5. The van der Waals surface area contributed by atoms with Crippen LogP contribution < -0.4 is 0 Å². The average Bonchev–Trinajstić information content (AvgIpc) is 3.57. The van der Waals surface area contributed by atoms with E-state index in [-0.39, 0.29) is 5.97 Å². The zero-order chi connectivity index (χ0) is 25.2. The molecule has 1 unspecified atom stereocenters. The lowest BCUT2D eigenvalue weighted by Crippen LogP contribution is -2.29. The number of carbonyl (C=O) groups is 1. The number of aromatic nitrogens is 3. The van der Waals surface area contributed by atoms with Crippen molar-refractivity contribution >= 4 is 22.9 Å². The summed E-state index contributed by atoms with van der Waals surface area (Å²) in [7, 11) is 3.40. The fourth-order valence-corrected chi connectivity index (χ4v) is 5.36. The van der Waals surface area contributed by atoms with Crippen molar-refractivity contribution in [2.24, 2.45) is 7.05 Å². The minimum atomic E-state index is -0.334. The lowest BCUT2D eigenvalue weighted by Gasteiger charge is -2.30. The molecule has 0 bridgehead atoms. The zero-order valence-corrected chi connectivity index (χ0v) is 21.5. The number of aromatic amines is 1. The van der Waals surface area contributed by atoms with Crippen LogP contribution >= 0.6 is 0 Å². The van der Waals surface area contributed by atoms with E-state index in [9.17, 15) is 4.79 Å². The summed E-state index contributed by atoms with van der Waals surface area (Å²) < 4.78 is 6.69. The van der Waals surface area contributed by atoms with E-state index in [0.29, 0.717) is 6.04 Å². The van der Waals surface area contributed by atoms with Crippen LogP contribution in [0.2, 0.25) is 0 Å². The number of carbonyl (C=O) groups excluding carboxylic acids is 1. The van der Waals surface area contributed by atoms with E-state index in [1.165, 1.54) is 57.6 Å². The highest BCUT2D eigenvalue weighted by molar-refractivity contribution is 5.87. The number of benzene rings is 2. The van der Waals surface area contributed by atoms with Crippen molar-refractivity contribution in [1.29, 1.82) is 0 Å². The summed E-state index contributed by atoms with van der Waals surface area (Å²) in [6.45, 7) is 6.11. The predicted octanol–water partition coefficient (Wildman–Crippen LogP) is 5.44. The molecule has 0 saturated heterocycles. The first-order valence-corrected chi connectivity index (χ1v) is 12.6. The van der Waals surface area contributed by atoms with Crippen molar-refractivity contribution in [3.63, 3.8) is 0 Å². The van der Waals surface area contributed by atoms with Gasteiger partial charge in [0, 0.05) is 60.6 Å². The molecule has 6 heteroatoms. The summed E-state index contributed by atoms with van der Waals surface area (Å²) in [6.07, 6.45) is 10.6. The molecule has 1 aliphatic carbocycles. The fourth-order valence-electron chi connectivity index (χ4n) is 5.36. The van der Waals surface area contributed by atoms with Crippen LogP contribution in [-0.4, -0.2) is 39.3 Å². The standard InChI is InChI=1S/C30H34N4O2/c1-20-5-9-26-24(17-31-28(26)15-20)13-14-34(19-25-18-32-33(3)21(25)2)29-11-8-23-16-22(6-10-27(23)29)7-12-30(35)36-4/h5-7,9-10,12,15-18,29,31H,8,11,13-14,19H2,1-4H3. The second-order valence-electron chi connectivity index (χ2n) is 9.83. The molecule has 2 heterocycles. The van der Waals surface area contributed by atoms with Gasteiger partial charge >= 0.3 is 5.97 Å². The Hall–Kier alpha value is -3.64. The maximum Gasteiger partial charge on any atom is 0.330 e. The highest BCUT2D eigenvalue weighted by Gasteiger charge is 2.29. The molecule has 36 heavy (non-hydrogen) atoms. The second kappa shape index (κ2) is 10.2. The van der Waals surface area contributed by atoms with E-state index in [1.807, 2.05) is 24.0 Å². The summed E-state index contributed by atoms with van der Waals surface area (Å²) in [6, 6.07) is 13.6. The molecule has 0 radical (unpaired) electrons. The van der Waals surface area contributed by atoms with Crippen LogP contribution in [0, 0.1) is 13.8 Å². The fraction of sp³-hybridized carbons (Fsp3) is 0.333. The number of fused-ring (bicyclic) bond motifs is 2. The van der Waals surface area contributed by atoms with E-state index in [4.69, 9.17) is 4.74 Å². The summed E-state index contributed by atoms with van der Waals surface area (Å²) >= 11 is 0. The Morgan fingerprint density at radius 1 is 1.22 bits per heavy atom. The first kappa shape index (κ1) is 24.1. The van der Waals surface area contributed by atoms with Gasteiger partial charge in [-0.25, -0.2) is 4.79 Å². The van der Waals surface area contributed by atoms with Crippen molar-refractivity contribution < 1.29 is 9.53 Å². The molecule has 0 amide bonds. The largest absolute Gasteiger partial charge is 0.466 e. The lowest BCUT2D eigenvalue weighted by atomic mass is 10.0. The minimum Gasteiger partial charge on any atom is -0.466 e. The number of hydrogen-bond donors (Lipinski definition) is 1.